The molecule has 0 fully saturated rings. The second-order valence-corrected chi connectivity index (χ2v) is 8.95. The zero-order chi connectivity index (χ0) is 22.4. The van der Waals surface area contributed by atoms with E-state index in [-0.39, 0.29) is 36.3 Å². The summed E-state index contributed by atoms with van der Waals surface area (Å²) in [5.74, 6) is -1.44. The molecule has 2 aromatic rings. The molecule has 2 amide bonds. The van der Waals surface area contributed by atoms with Crippen LogP contribution in [-0.4, -0.2) is 46.7 Å². The van der Waals surface area contributed by atoms with Gasteiger partial charge in [-0.3, -0.25) is 14.4 Å². The first-order valence-electron chi connectivity index (χ1n) is 10.1. The van der Waals surface area contributed by atoms with E-state index < -0.39 is 11.9 Å². The molecule has 0 bridgehead atoms. The Hall–Kier alpha value is -2.66. The maximum Gasteiger partial charge on any atom is 0.357 e. The third-order valence-corrected chi connectivity index (χ3v) is 6.55. The first kappa shape index (κ1) is 23.0. The topological polar surface area (TPSA) is 127 Å². The average Bonchev–Trinajstić information content (AvgIpc) is 3.35. The zero-order valence-corrected chi connectivity index (χ0v) is 19.0. The van der Waals surface area contributed by atoms with E-state index in [2.05, 4.69) is 20.6 Å². The molecule has 31 heavy (non-hydrogen) atoms. The van der Waals surface area contributed by atoms with E-state index in [1.807, 2.05) is 6.92 Å². The number of thiazole rings is 2. The number of amides is 2. The number of fused-ring (bicyclic) bond motifs is 1. The SMILES string of the molecule is CCCC(=O)Nc1nc2c(s1)C(=O)C[C@H](C(=O)NCCc1nc(C(=O)OCC)cs1)C2. The van der Waals surface area contributed by atoms with E-state index in [1.165, 1.54) is 22.7 Å². The van der Waals surface area contributed by atoms with Crippen LogP contribution in [0.3, 0.4) is 0 Å². The number of esters is 1. The van der Waals surface area contributed by atoms with Gasteiger partial charge in [0.2, 0.25) is 11.8 Å². The number of ketones is 1. The summed E-state index contributed by atoms with van der Waals surface area (Å²) in [5, 5.41) is 8.30. The van der Waals surface area contributed by atoms with Crippen molar-refractivity contribution in [2.75, 3.05) is 18.5 Å². The number of nitrogens with zero attached hydrogens (tertiary/aromatic N) is 2. The number of hydrogen-bond donors (Lipinski definition) is 2. The minimum Gasteiger partial charge on any atom is -0.461 e. The molecule has 2 N–H and O–H groups in total. The van der Waals surface area contributed by atoms with E-state index in [1.54, 1.807) is 12.3 Å². The van der Waals surface area contributed by atoms with Gasteiger partial charge in [-0.1, -0.05) is 18.3 Å². The summed E-state index contributed by atoms with van der Waals surface area (Å²) in [6.07, 6.45) is 2.07. The first-order chi connectivity index (χ1) is 14.9. The van der Waals surface area contributed by atoms with Crippen LogP contribution in [0.25, 0.3) is 0 Å². The maximum absolute atomic E-state index is 12.6. The summed E-state index contributed by atoms with van der Waals surface area (Å²) in [6, 6.07) is 0. The molecule has 2 aromatic heterocycles. The Kier molecular flexibility index (Phi) is 7.85. The van der Waals surface area contributed by atoms with Gasteiger partial charge in [-0.15, -0.1) is 11.3 Å². The fourth-order valence-corrected chi connectivity index (χ4v) is 4.86. The summed E-state index contributed by atoms with van der Waals surface area (Å²) >= 11 is 2.50. The van der Waals surface area contributed by atoms with Crippen molar-refractivity contribution >= 4 is 51.4 Å². The maximum atomic E-state index is 12.6. The van der Waals surface area contributed by atoms with Crippen molar-refractivity contribution in [2.24, 2.45) is 5.92 Å². The lowest BCUT2D eigenvalue weighted by atomic mass is 9.89. The van der Waals surface area contributed by atoms with Gasteiger partial charge in [-0.2, -0.15) is 0 Å². The lowest BCUT2D eigenvalue weighted by Gasteiger charge is -2.19. The molecule has 11 heteroatoms. The van der Waals surface area contributed by atoms with E-state index in [0.29, 0.717) is 41.5 Å². The Bertz CT molecular complexity index is 984. The molecule has 1 atom stereocenters. The Morgan fingerprint density at radius 3 is 2.77 bits per heavy atom. The van der Waals surface area contributed by atoms with E-state index in [4.69, 9.17) is 4.74 Å². The summed E-state index contributed by atoms with van der Waals surface area (Å²) in [4.78, 5) is 57.5. The minimum atomic E-state index is -0.493. The van der Waals surface area contributed by atoms with E-state index >= 15 is 0 Å². The van der Waals surface area contributed by atoms with Crippen LogP contribution in [0.15, 0.2) is 5.38 Å². The minimum absolute atomic E-state index is 0.119. The second kappa shape index (κ2) is 10.6. The van der Waals surface area contributed by atoms with Crippen LogP contribution in [0.4, 0.5) is 5.13 Å². The van der Waals surface area contributed by atoms with Gasteiger partial charge < -0.3 is 15.4 Å². The first-order valence-corrected chi connectivity index (χ1v) is 11.8. The number of carbonyl (C=O) groups is 4. The molecule has 1 aliphatic rings. The highest BCUT2D eigenvalue weighted by Crippen LogP contribution is 2.32. The quantitative estimate of drug-likeness (QED) is 0.546. The third-order valence-electron chi connectivity index (χ3n) is 4.59. The van der Waals surface area contributed by atoms with Crippen LogP contribution in [-0.2, 0) is 27.2 Å². The highest BCUT2D eigenvalue weighted by atomic mass is 32.1. The molecule has 0 aromatic carbocycles. The molecule has 0 saturated carbocycles. The number of anilines is 1. The molecule has 0 saturated heterocycles. The highest BCUT2D eigenvalue weighted by molar-refractivity contribution is 7.17. The molecule has 3 rings (SSSR count). The van der Waals surface area contributed by atoms with Crippen molar-refractivity contribution in [3.63, 3.8) is 0 Å². The van der Waals surface area contributed by atoms with Gasteiger partial charge in [0.25, 0.3) is 0 Å². The Balaban J connectivity index is 1.52. The van der Waals surface area contributed by atoms with Gasteiger partial charge >= 0.3 is 5.97 Å². The number of Topliss-reactive ketones (excluding diaryl/α,β-unsaturated/α-hetero) is 1. The largest absolute Gasteiger partial charge is 0.461 e. The van der Waals surface area contributed by atoms with Crippen molar-refractivity contribution in [3.05, 3.63) is 26.7 Å². The summed E-state index contributed by atoms with van der Waals surface area (Å²) in [6.45, 7) is 4.28. The summed E-state index contributed by atoms with van der Waals surface area (Å²) in [5.41, 5.74) is 0.830. The molecular weight excluding hydrogens is 440 g/mol. The standard InChI is InChI=1S/C20H24N4O5S2/c1-3-5-15(26)24-20-23-12-8-11(9-14(25)17(12)31-20)18(27)21-7-6-16-22-13(10-30-16)19(28)29-4-2/h10-11H,3-9H2,1-2H3,(H,21,27)(H,23,24,26)/t11-/m1/s1. The molecule has 0 spiro atoms. The molecule has 9 nitrogen and oxygen atoms in total. The molecule has 0 aliphatic heterocycles. The van der Waals surface area contributed by atoms with Gasteiger partial charge in [0.05, 0.1) is 28.1 Å². The molecule has 166 valence electrons. The van der Waals surface area contributed by atoms with Crippen LogP contribution in [0.1, 0.15) is 64.0 Å². The predicted octanol–water partition coefficient (Wildman–Crippen LogP) is 2.62. The summed E-state index contributed by atoms with van der Waals surface area (Å²) < 4.78 is 4.91. The Morgan fingerprint density at radius 2 is 2.03 bits per heavy atom. The molecule has 0 radical (unpaired) electrons. The smallest absolute Gasteiger partial charge is 0.357 e. The highest BCUT2D eigenvalue weighted by Gasteiger charge is 2.33. The molecule has 1 aliphatic carbocycles. The third kappa shape index (κ3) is 5.95. The molecular formula is C20H24N4O5S2. The van der Waals surface area contributed by atoms with Crippen LogP contribution in [0, 0.1) is 5.92 Å². The van der Waals surface area contributed by atoms with Crippen molar-refractivity contribution in [3.8, 4) is 0 Å². The average molecular weight is 465 g/mol. The monoisotopic (exact) mass is 464 g/mol. The number of ether oxygens (including phenoxy) is 1. The van der Waals surface area contributed by atoms with Crippen LogP contribution < -0.4 is 10.6 Å². The van der Waals surface area contributed by atoms with Crippen molar-refractivity contribution in [1.82, 2.24) is 15.3 Å². The van der Waals surface area contributed by atoms with E-state index in [0.717, 1.165) is 11.4 Å². The molecule has 0 unspecified atom stereocenters. The zero-order valence-electron chi connectivity index (χ0n) is 17.4. The van der Waals surface area contributed by atoms with Crippen molar-refractivity contribution in [2.45, 2.75) is 46.0 Å². The number of nitrogens with one attached hydrogen (secondary N) is 2. The van der Waals surface area contributed by atoms with Gasteiger partial charge in [-0.25, -0.2) is 14.8 Å². The van der Waals surface area contributed by atoms with Crippen LogP contribution in [0.5, 0.6) is 0 Å². The van der Waals surface area contributed by atoms with Crippen molar-refractivity contribution in [1.29, 1.82) is 0 Å². The number of rotatable bonds is 9. The number of aromatic nitrogens is 2. The fourth-order valence-electron chi connectivity index (χ4n) is 3.14. The fraction of sp³-hybridized carbons (Fsp3) is 0.500. The van der Waals surface area contributed by atoms with E-state index in [9.17, 15) is 19.2 Å². The normalized spacial score (nSPS) is 15.3. The predicted molar refractivity (Wildman–Crippen MR) is 117 cm³/mol. The van der Waals surface area contributed by atoms with Crippen LogP contribution >= 0.6 is 22.7 Å². The Labute approximate surface area is 187 Å². The number of hydrogen-bond acceptors (Lipinski definition) is 9. The molecule has 2 heterocycles. The van der Waals surface area contributed by atoms with Gasteiger partial charge in [-0.05, 0) is 13.3 Å². The van der Waals surface area contributed by atoms with Gasteiger partial charge in [0.1, 0.15) is 0 Å². The van der Waals surface area contributed by atoms with Gasteiger partial charge in [0.15, 0.2) is 16.6 Å². The number of carbonyl (C=O) groups excluding carboxylic acids is 4. The Morgan fingerprint density at radius 1 is 1.23 bits per heavy atom. The summed E-state index contributed by atoms with van der Waals surface area (Å²) in [7, 11) is 0. The lowest BCUT2D eigenvalue weighted by molar-refractivity contribution is -0.125. The van der Waals surface area contributed by atoms with Crippen molar-refractivity contribution < 1.29 is 23.9 Å². The lowest BCUT2D eigenvalue weighted by Crippen LogP contribution is -2.36. The van der Waals surface area contributed by atoms with Crippen LogP contribution in [0.2, 0.25) is 0 Å². The second-order valence-electron chi connectivity index (χ2n) is 7.01. The van der Waals surface area contributed by atoms with Gasteiger partial charge in [0, 0.05) is 37.6 Å².